The quantitative estimate of drug-likeness (QED) is 0.140. The summed E-state index contributed by atoms with van der Waals surface area (Å²) in [6.45, 7) is 9.29. The van der Waals surface area contributed by atoms with Crippen LogP contribution in [0.15, 0.2) is 296 Å². The van der Waals surface area contributed by atoms with Gasteiger partial charge in [0.15, 0.2) is 0 Å². The van der Waals surface area contributed by atoms with Crippen LogP contribution in [-0.4, -0.2) is 46.2 Å². The van der Waals surface area contributed by atoms with Gasteiger partial charge in [-0.2, -0.15) is 0 Å². The molecule has 0 saturated carbocycles. The Balaban J connectivity index is 0.000000145. The number of benzene rings is 12. The lowest BCUT2D eigenvalue weighted by Crippen LogP contribution is -2.29. The van der Waals surface area contributed by atoms with Crippen LogP contribution in [0.25, 0.3) is 145 Å². The third-order valence-corrected chi connectivity index (χ3v) is 20.2. The number of rotatable bonds is 9. The molecular weight excluding hydrogens is 1240 g/mol. The highest BCUT2D eigenvalue weighted by Gasteiger charge is 2.39. The largest absolute Gasteiger partial charge is 0.488 e. The summed E-state index contributed by atoms with van der Waals surface area (Å²) in [6.07, 6.45) is 0. The normalized spacial score (nSPS) is 13.1. The molecule has 0 amide bonds. The number of nitrogens with zero attached hydrogens (tertiary/aromatic N) is 6. The van der Waals surface area contributed by atoms with Crippen molar-refractivity contribution < 1.29 is 10.0 Å². The molecule has 10 heteroatoms. The SMILES string of the molecule is CC1(C)c2cc(-c3ccccc3)ccc2-c2cc3c(cc21)c1cc(B(O)O)ccc1n3-c1nc(-c2ccccc2)cc(-c2ccccc2)n1.CC1(C)c2cc(-c3ccccc3)ccc2-c2cc3c(cc21)c1cc(Br)ccc1n3-c1nc(-c2ccccc2)cc(-c2ccccc2)n1. The van der Waals surface area contributed by atoms with Gasteiger partial charge >= 0.3 is 7.12 Å². The Morgan fingerprint density at radius 3 is 0.979 bits per heavy atom. The van der Waals surface area contributed by atoms with Gasteiger partial charge in [0.2, 0.25) is 11.9 Å². The van der Waals surface area contributed by atoms with Crippen LogP contribution < -0.4 is 5.46 Å². The minimum Gasteiger partial charge on any atom is -0.423 e. The van der Waals surface area contributed by atoms with Crippen LogP contribution in [-0.2, 0) is 10.8 Å². The molecular formula is C86H62BBrN6O2. The first-order chi connectivity index (χ1) is 46.8. The third kappa shape index (κ3) is 9.90. The van der Waals surface area contributed by atoms with Gasteiger partial charge in [-0.1, -0.05) is 262 Å². The minimum absolute atomic E-state index is 0.158. The molecule has 12 aromatic carbocycles. The van der Waals surface area contributed by atoms with Crippen LogP contribution in [0.1, 0.15) is 49.9 Å². The highest BCUT2D eigenvalue weighted by Crippen LogP contribution is 2.54. The van der Waals surface area contributed by atoms with E-state index in [0.29, 0.717) is 17.4 Å². The molecule has 96 heavy (non-hydrogen) atoms. The Morgan fingerprint density at radius 2 is 0.615 bits per heavy atom. The molecule has 4 aromatic heterocycles. The van der Waals surface area contributed by atoms with Gasteiger partial charge in [-0.15, -0.1) is 0 Å². The lowest BCUT2D eigenvalue weighted by atomic mass is 9.79. The summed E-state index contributed by atoms with van der Waals surface area (Å²) in [5.74, 6) is 1.21. The maximum atomic E-state index is 10.2. The first kappa shape index (κ1) is 58.7. The summed E-state index contributed by atoms with van der Waals surface area (Å²) in [4.78, 5) is 20.9. The second-order valence-electron chi connectivity index (χ2n) is 26.2. The number of halogens is 1. The smallest absolute Gasteiger partial charge is 0.423 e. The molecule has 8 nitrogen and oxygen atoms in total. The van der Waals surface area contributed by atoms with E-state index in [1.807, 2.05) is 72.8 Å². The van der Waals surface area contributed by atoms with E-state index in [0.717, 1.165) is 82.3 Å². The first-order valence-electron chi connectivity index (χ1n) is 32.5. The average Bonchev–Trinajstić information content (AvgIpc) is 1.55. The molecule has 2 aliphatic carbocycles. The van der Waals surface area contributed by atoms with Crippen molar-refractivity contribution in [3.63, 3.8) is 0 Å². The predicted octanol–water partition coefficient (Wildman–Crippen LogP) is 20.2. The Bertz CT molecular complexity index is 5620. The van der Waals surface area contributed by atoms with Crippen LogP contribution >= 0.6 is 15.9 Å². The molecule has 0 fully saturated rings. The van der Waals surface area contributed by atoms with Gasteiger partial charge in [0, 0.05) is 59.1 Å². The van der Waals surface area contributed by atoms with E-state index < -0.39 is 7.12 Å². The molecule has 0 bridgehead atoms. The van der Waals surface area contributed by atoms with Gasteiger partial charge < -0.3 is 10.0 Å². The lowest BCUT2D eigenvalue weighted by Gasteiger charge is -2.22. The molecule has 0 unspecified atom stereocenters. The second-order valence-corrected chi connectivity index (χ2v) is 27.1. The highest BCUT2D eigenvalue weighted by atomic mass is 79.9. The maximum Gasteiger partial charge on any atom is 0.488 e. The maximum absolute atomic E-state index is 10.2. The zero-order valence-electron chi connectivity index (χ0n) is 53.2. The topological polar surface area (TPSA) is 102 Å². The van der Waals surface area contributed by atoms with Crippen molar-refractivity contribution in [2.45, 2.75) is 38.5 Å². The van der Waals surface area contributed by atoms with Gasteiger partial charge in [0.1, 0.15) is 0 Å². The van der Waals surface area contributed by atoms with Crippen molar-refractivity contribution >= 4 is 72.1 Å². The van der Waals surface area contributed by atoms with Crippen LogP contribution in [0, 0.1) is 0 Å². The molecule has 2 aliphatic rings. The monoisotopic (exact) mass is 1300 g/mol. The van der Waals surface area contributed by atoms with Crippen molar-refractivity contribution in [3.8, 4) is 101 Å². The zero-order chi connectivity index (χ0) is 65.0. The number of hydrogen-bond donors (Lipinski definition) is 2. The highest BCUT2D eigenvalue weighted by molar-refractivity contribution is 9.10. The van der Waals surface area contributed by atoms with Crippen molar-refractivity contribution in [2.75, 3.05) is 0 Å². The first-order valence-corrected chi connectivity index (χ1v) is 33.3. The molecule has 16 aromatic rings. The third-order valence-electron chi connectivity index (χ3n) is 19.7. The van der Waals surface area contributed by atoms with Crippen molar-refractivity contribution in [1.82, 2.24) is 29.1 Å². The Kier molecular flexibility index (Phi) is 14.1. The van der Waals surface area contributed by atoms with Crippen LogP contribution in [0.2, 0.25) is 0 Å². The fourth-order valence-corrected chi connectivity index (χ4v) is 15.2. The van der Waals surface area contributed by atoms with E-state index in [-0.39, 0.29) is 10.8 Å². The summed E-state index contributed by atoms with van der Waals surface area (Å²) in [5.41, 5.74) is 26.6. The molecule has 4 heterocycles. The van der Waals surface area contributed by atoms with Crippen LogP contribution in [0.4, 0.5) is 0 Å². The molecule has 2 N–H and O–H groups in total. The van der Waals surface area contributed by atoms with Crippen LogP contribution in [0.3, 0.4) is 0 Å². The number of aromatic nitrogens is 6. The van der Waals surface area contributed by atoms with Gasteiger partial charge in [0.05, 0.1) is 44.8 Å². The van der Waals surface area contributed by atoms with Crippen molar-refractivity contribution in [3.05, 3.63) is 318 Å². The molecule has 458 valence electrons. The fraction of sp³-hybridized carbons (Fsp3) is 0.0698. The summed E-state index contributed by atoms with van der Waals surface area (Å²) in [6, 6.07) is 102. The van der Waals surface area contributed by atoms with Crippen LogP contribution in [0.5, 0.6) is 0 Å². The summed E-state index contributed by atoms with van der Waals surface area (Å²) in [5, 5.41) is 24.7. The molecule has 0 atom stereocenters. The van der Waals surface area contributed by atoms with Gasteiger partial charge in [0.25, 0.3) is 0 Å². The summed E-state index contributed by atoms with van der Waals surface area (Å²) < 4.78 is 5.42. The molecule has 18 rings (SSSR count). The molecule has 0 spiro atoms. The lowest BCUT2D eigenvalue weighted by molar-refractivity contribution is 0.426. The van der Waals surface area contributed by atoms with E-state index in [1.54, 1.807) is 6.07 Å². The van der Waals surface area contributed by atoms with E-state index in [2.05, 4.69) is 265 Å². The zero-order valence-corrected chi connectivity index (χ0v) is 54.8. The molecule has 0 radical (unpaired) electrons. The number of hydrogen-bond acceptors (Lipinski definition) is 6. The van der Waals surface area contributed by atoms with E-state index in [9.17, 15) is 10.0 Å². The van der Waals surface area contributed by atoms with E-state index in [4.69, 9.17) is 19.9 Å². The van der Waals surface area contributed by atoms with Gasteiger partial charge in [-0.25, -0.2) is 19.9 Å². The van der Waals surface area contributed by atoms with E-state index in [1.165, 1.54) is 77.5 Å². The Labute approximate surface area is 565 Å². The van der Waals surface area contributed by atoms with Crippen molar-refractivity contribution in [1.29, 1.82) is 0 Å². The summed E-state index contributed by atoms with van der Waals surface area (Å²) in [7, 11) is -1.59. The molecule has 0 saturated heterocycles. The predicted molar refractivity (Wildman–Crippen MR) is 398 cm³/mol. The average molecular weight is 1300 g/mol. The number of fused-ring (bicyclic) bond motifs is 12. The Morgan fingerprint density at radius 1 is 0.292 bits per heavy atom. The minimum atomic E-state index is -1.59. The van der Waals surface area contributed by atoms with Gasteiger partial charge in [-0.3, -0.25) is 9.13 Å². The van der Waals surface area contributed by atoms with Gasteiger partial charge in [-0.05, 0) is 145 Å². The van der Waals surface area contributed by atoms with E-state index >= 15 is 0 Å². The summed E-state index contributed by atoms with van der Waals surface area (Å²) >= 11 is 3.77. The Hall–Kier alpha value is -11.1. The second kappa shape index (κ2) is 23.1. The standard InChI is InChI=1S/C43H32BN3O2.C43H30BrN3/c1-43(2)36-22-30(27-12-6-3-7-13-27)18-20-32(36)33-25-41-35(24-37(33)43)34-23-31(44(48)49)19-21-40(34)47(41)42-45-38(28-14-8-4-9-15-28)26-39(46-42)29-16-10-5-11-17-29;1-43(2)36-22-30(27-12-6-3-7-13-27)18-20-32(36)33-25-41-35(24-37(33)43)34-23-31(44)19-21-40(34)47(41)42-45-38(28-14-8-4-9-15-28)26-39(46-42)29-16-10-5-11-17-29/h3-26,48-49H,1-2H3;3-26H,1-2H3. The van der Waals surface area contributed by atoms with Crippen molar-refractivity contribution in [2.24, 2.45) is 0 Å². The molecule has 0 aliphatic heterocycles. The fourth-order valence-electron chi connectivity index (χ4n) is 14.8.